The summed E-state index contributed by atoms with van der Waals surface area (Å²) in [5, 5.41) is 0.287. The van der Waals surface area contributed by atoms with Crippen LogP contribution in [0.15, 0.2) is 12.4 Å². The Morgan fingerprint density at radius 3 is 3.00 bits per heavy atom. The Kier molecular flexibility index (Phi) is 3.91. The summed E-state index contributed by atoms with van der Waals surface area (Å²) in [5.74, 6) is -0.115. The molecule has 2 heterocycles. The molecule has 1 amide bonds. The van der Waals surface area contributed by atoms with E-state index in [-0.39, 0.29) is 17.2 Å². The van der Waals surface area contributed by atoms with E-state index in [4.69, 9.17) is 16.3 Å². The molecule has 1 saturated heterocycles. The van der Waals surface area contributed by atoms with E-state index in [2.05, 4.69) is 9.97 Å². The summed E-state index contributed by atoms with van der Waals surface area (Å²) < 4.78 is 5.28. The number of rotatable bonds is 2. The van der Waals surface area contributed by atoms with Crippen molar-refractivity contribution in [2.45, 2.75) is 18.9 Å². The Morgan fingerprint density at radius 1 is 1.53 bits per heavy atom. The Bertz CT molecular complexity index is 396. The van der Waals surface area contributed by atoms with Crippen molar-refractivity contribution >= 4 is 17.5 Å². The van der Waals surface area contributed by atoms with Crippen LogP contribution in [-0.4, -0.2) is 47.1 Å². The minimum atomic E-state index is -0.115. The quantitative estimate of drug-likeness (QED) is 0.801. The van der Waals surface area contributed by atoms with E-state index in [1.807, 2.05) is 0 Å². The molecular formula is C11H14ClN3O2. The van der Waals surface area contributed by atoms with Crippen LogP contribution >= 0.6 is 11.6 Å². The van der Waals surface area contributed by atoms with Crippen molar-refractivity contribution in [2.24, 2.45) is 0 Å². The first kappa shape index (κ1) is 12.3. The van der Waals surface area contributed by atoms with Gasteiger partial charge >= 0.3 is 0 Å². The van der Waals surface area contributed by atoms with Crippen LogP contribution in [0.2, 0.25) is 5.15 Å². The van der Waals surface area contributed by atoms with E-state index < -0.39 is 0 Å². The van der Waals surface area contributed by atoms with Gasteiger partial charge in [0.1, 0.15) is 10.8 Å². The van der Waals surface area contributed by atoms with Gasteiger partial charge in [0, 0.05) is 20.2 Å². The molecule has 1 unspecified atom stereocenters. The molecule has 0 saturated carbocycles. The first-order valence-electron chi connectivity index (χ1n) is 5.50. The number of methoxy groups -OCH3 is 1. The topological polar surface area (TPSA) is 55.3 Å². The highest BCUT2D eigenvalue weighted by Gasteiger charge is 2.25. The SMILES string of the molecule is COC1CCCN(C(=O)c2cnc(Cl)cn2)C1. The van der Waals surface area contributed by atoms with Gasteiger partial charge < -0.3 is 9.64 Å². The smallest absolute Gasteiger partial charge is 0.274 e. The number of carbonyl (C=O) groups is 1. The molecule has 0 aromatic carbocycles. The molecule has 1 aliphatic rings. The van der Waals surface area contributed by atoms with Crippen LogP contribution in [0.1, 0.15) is 23.3 Å². The molecule has 1 aromatic rings. The maximum Gasteiger partial charge on any atom is 0.274 e. The number of carbonyl (C=O) groups excluding carboxylic acids is 1. The van der Waals surface area contributed by atoms with Gasteiger partial charge in [-0.1, -0.05) is 11.6 Å². The molecule has 17 heavy (non-hydrogen) atoms. The summed E-state index contributed by atoms with van der Waals surface area (Å²) in [6.45, 7) is 1.35. The van der Waals surface area contributed by atoms with Gasteiger partial charge in [-0.05, 0) is 12.8 Å². The largest absolute Gasteiger partial charge is 0.380 e. The molecule has 1 aliphatic heterocycles. The molecule has 0 aliphatic carbocycles. The van der Waals surface area contributed by atoms with Gasteiger partial charge in [-0.15, -0.1) is 0 Å². The van der Waals surface area contributed by atoms with E-state index in [9.17, 15) is 4.79 Å². The fourth-order valence-corrected chi connectivity index (χ4v) is 2.00. The predicted octanol–water partition coefficient (Wildman–Crippen LogP) is 1.38. The molecule has 0 spiro atoms. The lowest BCUT2D eigenvalue weighted by Gasteiger charge is -2.31. The molecule has 0 N–H and O–H groups in total. The second-order valence-corrected chi connectivity index (χ2v) is 4.36. The summed E-state index contributed by atoms with van der Waals surface area (Å²) in [6.07, 6.45) is 4.85. The van der Waals surface area contributed by atoms with Crippen molar-refractivity contribution in [3.05, 3.63) is 23.2 Å². The van der Waals surface area contributed by atoms with E-state index >= 15 is 0 Å². The average Bonchev–Trinajstić information content (AvgIpc) is 2.39. The third-order valence-electron chi connectivity index (χ3n) is 2.84. The fourth-order valence-electron chi connectivity index (χ4n) is 1.90. The van der Waals surface area contributed by atoms with Crippen molar-refractivity contribution in [1.82, 2.24) is 14.9 Å². The van der Waals surface area contributed by atoms with Crippen molar-refractivity contribution < 1.29 is 9.53 Å². The molecule has 0 bridgehead atoms. The van der Waals surface area contributed by atoms with Gasteiger partial charge in [0.2, 0.25) is 0 Å². The number of likely N-dealkylation sites (tertiary alicyclic amines) is 1. The molecule has 1 atom stereocenters. The summed E-state index contributed by atoms with van der Waals surface area (Å²) in [6, 6.07) is 0. The van der Waals surface area contributed by atoms with Crippen LogP contribution in [0.4, 0.5) is 0 Å². The van der Waals surface area contributed by atoms with Gasteiger partial charge in [0.05, 0.1) is 18.5 Å². The predicted molar refractivity (Wildman–Crippen MR) is 63.0 cm³/mol. The highest BCUT2D eigenvalue weighted by molar-refractivity contribution is 6.29. The van der Waals surface area contributed by atoms with Gasteiger partial charge in [0.15, 0.2) is 0 Å². The summed E-state index contributed by atoms with van der Waals surface area (Å²) in [7, 11) is 1.67. The molecule has 1 aromatic heterocycles. The zero-order valence-corrected chi connectivity index (χ0v) is 10.4. The highest BCUT2D eigenvalue weighted by Crippen LogP contribution is 2.14. The standard InChI is InChI=1S/C11H14ClN3O2/c1-17-8-3-2-4-15(7-8)11(16)9-5-14-10(12)6-13-9/h5-6,8H,2-4,7H2,1H3. The fraction of sp³-hybridized carbons (Fsp3) is 0.545. The highest BCUT2D eigenvalue weighted by atomic mass is 35.5. The van der Waals surface area contributed by atoms with Crippen LogP contribution < -0.4 is 0 Å². The molecule has 2 rings (SSSR count). The van der Waals surface area contributed by atoms with Crippen LogP contribution in [0.25, 0.3) is 0 Å². The van der Waals surface area contributed by atoms with Crippen molar-refractivity contribution in [3.8, 4) is 0 Å². The van der Waals surface area contributed by atoms with E-state index in [0.29, 0.717) is 12.2 Å². The lowest BCUT2D eigenvalue weighted by atomic mass is 10.1. The van der Waals surface area contributed by atoms with Crippen LogP contribution in [0.3, 0.4) is 0 Å². The molecular weight excluding hydrogens is 242 g/mol. The maximum atomic E-state index is 12.1. The number of piperidine rings is 1. The lowest BCUT2D eigenvalue weighted by molar-refractivity contribution is 0.0265. The number of hydrogen-bond donors (Lipinski definition) is 0. The van der Waals surface area contributed by atoms with E-state index in [1.165, 1.54) is 12.4 Å². The minimum absolute atomic E-state index is 0.115. The van der Waals surface area contributed by atoms with Crippen LogP contribution in [0, 0.1) is 0 Å². The Labute approximate surface area is 105 Å². The van der Waals surface area contributed by atoms with E-state index in [1.54, 1.807) is 12.0 Å². The number of amides is 1. The van der Waals surface area contributed by atoms with E-state index in [0.717, 1.165) is 19.4 Å². The zero-order chi connectivity index (χ0) is 12.3. The van der Waals surface area contributed by atoms with Crippen molar-refractivity contribution in [3.63, 3.8) is 0 Å². The number of nitrogens with zero attached hydrogens (tertiary/aromatic N) is 3. The first-order chi connectivity index (χ1) is 8.20. The van der Waals surface area contributed by atoms with Gasteiger partial charge in [0.25, 0.3) is 5.91 Å². The normalized spacial score (nSPS) is 20.4. The number of aromatic nitrogens is 2. The Hall–Kier alpha value is -1.20. The molecule has 0 radical (unpaired) electrons. The van der Waals surface area contributed by atoms with Crippen molar-refractivity contribution in [2.75, 3.05) is 20.2 Å². The maximum absolute atomic E-state index is 12.1. The lowest BCUT2D eigenvalue weighted by Crippen LogP contribution is -2.43. The monoisotopic (exact) mass is 255 g/mol. The number of ether oxygens (including phenoxy) is 1. The molecule has 1 fully saturated rings. The minimum Gasteiger partial charge on any atom is -0.380 e. The van der Waals surface area contributed by atoms with Gasteiger partial charge in [-0.2, -0.15) is 0 Å². The number of halogens is 1. The second kappa shape index (κ2) is 5.42. The third kappa shape index (κ3) is 2.92. The van der Waals surface area contributed by atoms with Crippen LogP contribution in [0.5, 0.6) is 0 Å². The average molecular weight is 256 g/mol. The third-order valence-corrected chi connectivity index (χ3v) is 3.03. The summed E-state index contributed by atoms with van der Waals surface area (Å²) in [4.78, 5) is 21.7. The number of hydrogen-bond acceptors (Lipinski definition) is 4. The molecule has 5 nitrogen and oxygen atoms in total. The zero-order valence-electron chi connectivity index (χ0n) is 9.60. The summed E-state index contributed by atoms with van der Waals surface area (Å²) >= 11 is 5.63. The van der Waals surface area contributed by atoms with Gasteiger partial charge in [-0.25, -0.2) is 9.97 Å². The Morgan fingerprint density at radius 2 is 2.35 bits per heavy atom. The van der Waals surface area contributed by atoms with Gasteiger partial charge in [-0.3, -0.25) is 4.79 Å². The molecule has 6 heteroatoms. The first-order valence-corrected chi connectivity index (χ1v) is 5.88. The summed E-state index contributed by atoms with van der Waals surface area (Å²) in [5.41, 5.74) is 0.325. The van der Waals surface area contributed by atoms with Crippen LogP contribution in [-0.2, 0) is 4.74 Å². The Balaban J connectivity index is 2.06. The molecule has 92 valence electrons. The second-order valence-electron chi connectivity index (χ2n) is 3.98. The van der Waals surface area contributed by atoms with Crippen molar-refractivity contribution in [1.29, 1.82) is 0 Å².